The van der Waals surface area contributed by atoms with Gasteiger partial charge < -0.3 is 25.0 Å². The molecule has 1 aromatic heterocycles. The molecular formula is C19H26ClN3O4S. The Kier molecular flexibility index (Phi) is 5.33. The van der Waals surface area contributed by atoms with E-state index in [0.29, 0.717) is 19.6 Å². The molecule has 0 radical (unpaired) electrons. The summed E-state index contributed by atoms with van der Waals surface area (Å²) in [5.41, 5.74) is 0.509. The highest BCUT2D eigenvalue weighted by atomic mass is 35.5. The Labute approximate surface area is 174 Å². The molecule has 0 aromatic carbocycles. The maximum absolute atomic E-state index is 13.2. The van der Waals surface area contributed by atoms with Gasteiger partial charge in [0.25, 0.3) is 5.91 Å². The van der Waals surface area contributed by atoms with Crippen LogP contribution >= 0.6 is 23.7 Å². The number of piperidine rings is 2. The smallest absolute Gasteiger partial charge is 0.407 e. The average molecular weight is 428 g/mol. The third kappa shape index (κ3) is 3.30. The molecule has 4 aliphatic rings. The molecule has 9 heteroatoms. The molecule has 5 heterocycles. The van der Waals surface area contributed by atoms with Gasteiger partial charge in [-0.05, 0) is 56.8 Å². The summed E-state index contributed by atoms with van der Waals surface area (Å²) in [5.74, 6) is 0.0560. The van der Waals surface area contributed by atoms with Gasteiger partial charge in [0.2, 0.25) is 0 Å². The highest BCUT2D eigenvalue weighted by Gasteiger charge is 2.46. The summed E-state index contributed by atoms with van der Waals surface area (Å²) in [6, 6.07) is 2.08. The largest absolute Gasteiger partial charge is 0.439 e. The summed E-state index contributed by atoms with van der Waals surface area (Å²) < 4.78 is 11.7. The van der Waals surface area contributed by atoms with Crippen molar-refractivity contribution >= 4 is 35.7 Å². The van der Waals surface area contributed by atoms with Crippen LogP contribution in [0.3, 0.4) is 0 Å². The maximum atomic E-state index is 13.2. The highest BCUT2D eigenvalue weighted by molar-refractivity contribution is 7.14. The van der Waals surface area contributed by atoms with Crippen LogP contribution in [-0.4, -0.2) is 61.8 Å². The molecule has 7 nitrogen and oxygen atoms in total. The Morgan fingerprint density at radius 3 is 2.82 bits per heavy atom. The van der Waals surface area contributed by atoms with Crippen LogP contribution in [0, 0.1) is 0 Å². The van der Waals surface area contributed by atoms with E-state index in [0.717, 1.165) is 56.7 Å². The second-order valence-corrected chi connectivity index (χ2v) is 9.12. The van der Waals surface area contributed by atoms with Gasteiger partial charge in [-0.25, -0.2) is 4.79 Å². The van der Waals surface area contributed by atoms with Crippen molar-refractivity contribution in [2.75, 3.05) is 39.3 Å². The van der Waals surface area contributed by atoms with Gasteiger partial charge in [-0.2, -0.15) is 0 Å². The SMILES string of the molecule is Cl.O=C1NCC2(CCCN(C(=O)c3cc4c(s3)C3(CCNCC3)OCC4)C2)O1. The average Bonchev–Trinajstić information content (AvgIpc) is 3.27. The Bertz CT molecular complexity index is 779. The normalized spacial score (nSPS) is 28.4. The minimum absolute atomic E-state index is 0. The number of hydrogen-bond donors (Lipinski definition) is 2. The summed E-state index contributed by atoms with van der Waals surface area (Å²) in [6.45, 7) is 4.30. The van der Waals surface area contributed by atoms with Crippen molar-refractivity contribution in [2.45, 2.75) is 43.3 Å². The number of likely N-dealkylation sites (tertiary alicyclic amines) is 1. The van der Waals surface area contributed by atoms with Gasteiger partial charge in [0.15, 0.2) is 0 Å². The number of amides is 2. The second-order valence-electron chi connectivity index (χ2n) is 8.06. The van der Waals surface area contributed by atoms with E-state index >= 15 is 0 Å². The van der Waals surface area contributed by atoms with Crippen molar-refractivity contribution < 1.29 is 19.1 Å². The molecule has 1 atom stereocenters. The molecule has 3 saturated heterocycles. The number of hydrogen-bond acceptors (Lipinski definition) is 6. The topological polar surface area (TPSA) is 79.9 Å². The van der Waals surface area contributed by atoms with Gasteiger partial charge in [0.05, 0.1) is 24.6 Å². The fraction of sp³-hybridized carbons (Fsp3) is 0.684. The van der Waals surface area contributed by atoms with Crippen molar-refractivity contribution in [2.24, 2.45) is 0 Å². The van der Waals surface area contributed by atoms with Gasteiger partial charge >= 0.3 is 6.09 Å². The molecule has 0 aliphatic carbocycles. The van der Waals surface area contributed by atoms with Crippen molar-refractivity contribution in [1.29, 1.82) is 0 Å². The van der Waals surface area contributed by atoms with Crippen LogP contribution in [0.4, 0.5) is 4.79 Å². The van der Waals surface area contributed by atoms with Crippen molar-refractivity contribution in [3.63, 3.8) is 0 Å². The quantitative estimate of drug-likeness (QED) is 0.716. The Hall–Kier alpha value is -1.35. The zero-order valence-electron chi connectivity index (χ0n) is 15.8. The number of halogens is 1. The predicted octanol–water partition coefficient (Wildman–Crippen LogP) is 2.04. The third-order valence-corrected chi connectivity index (χ3v) is 7.64. The van der Waals surface area contributed by atoms with Crippen LogP contribution < -0.4 is 10.6 Å². The zero-order valence-corrected chi connectivity index (χ0v) is 17.4. The molecule has 3 fully saturated rings. The molecule has 0 saturated carbocycles. The first-order chi connectivity index (χ1) is 13.1. The lowest BCUT2D eigenvalue weighted by Gasteiger charge is -2.40. The van der Waals surface area contributed by atoms with Crippen molar-refractivity contribution in [3.05, 3.63) is 21.4 Å². The fourth-order valence-corrected chi connectivity index (χ4v) is 6.26. The number of nitrogens with zero attached hydrogens (tertiary/aromatic N) is 1. The Balaban J connectivity index is 0.00000192. The van der Waals surface area contributed by atoms with Crippen LogP contribution in [0.2, 0.25) is 0 Å². The van der Waals surface area contributed by atoms with E-state index in [1.807, 2.05) is 4.90 Å². The summed E-state index contributed by atoms with van der Waals surface area (Å²) in [6.07, 6.45) is 4.08. The van der Waals surface area contributed by atoms with Crippen molar-refractivity contribution in [3.8, 4) is 0 Å². The van der Waals surface area contributed by atoms with Gasteiger partial charge in [-0.3, -0.25) is 4.79 Å². The lowest BCUT2D eigenvalue weighted by Crippen LogP contribution is -2.52. The second kappa shape index (κ2) is 7.48. The number of carbonyl (C=O) groups excluding carboxylic acids is 2. The Morgan fingerprint density at radius 2 is 2.07 bits per heavy atom. The summed E-state index contributed by atoms with van der Waals surface area (Å²) in [5, 5.41) is 6.14. The number of fused-ring (bicyclic) bond motifs is 2. The van der Waals surface area contributed by atoms with Crippen LogP contribution in [0.25, 0.3) is 0 Å². The number of rotatable bonds is 1. The number of nitrogens with one attached hydrogen (secondary N) is 2. The number of alkyl carbamates (subject to hydrolysis) is 1. The fourth-order valence-electron chi connectivity index (χ4n) is 4.89. The van der Waals surface area contributed by atoms with Crippen molar-refractivity contribution in [1.82, 2.24) is 15.5 Å². The van der Waals surface area contributed by atoms with Gasteiger partial charge in [0.1, 0.15) is 11.2 Å². The number of carbonyl (C=O) groups is 2. The summed E-state index contributed by atoms with van der Waals surface area (Å²) in [7, 11) is 0. The van der Waals surface area contributed by atoms with Crippen LogP contribution in [-0.2, 0) is 21.5 Å². The lowest BCUT2D eigenvalue weighted by atomic mass is 9.86. The number of thiophene rings is 1. The lowest BCUT2D eigenvalue weighted by molar-refractivity contribution is -0.0771. The molecule has 4 aliphatic heterocycles. The van der Waals surface area contributed by atoms with Crippen LogP contribution in [0.15, 0.2) is 6.07 Å². The molecule has 2 amide bonds. The molecule has 28 heavy (non-hydrogen) atoms. The maximum Gasteiger partial charge on any atom is 0.407 e. The van der Waals surface area contributed by atoms with Gasteiger partial charge in [-0.1, -0.05) is 0 Å². The monoisotopic (exact) mass is 427 g/mol. The van der Waals surface area contributed by atoms with Crippen LogP contribution in [0.5, 0.6) is 0 Å². The molecule has 1 aromatic rings. The van der Waals surface area contributed by atoms with Crippen LogP contribution in [0.1, 0.15) is 45.8 Å². The van der Waals surface area contributed by atoms with Gasteiger partial charge in [0, 0.05) is 11.4 Å². The highest BCUT2D eigenvalue weighted by Crippen LogP contribution is 2.44. The van der Waals surface area contributed by atoms with Gasteiger partial charge in [-0.15, -0.1) is 23.7 Å². The van der Waals surface area contributed by atoms with E-state index in [2.05, 4.69) is 16.7 Å². The van der Waals surface area contributed by atoms with E-state index < -0.39 is 5.60 Å². The molecule has 154 valence electrons. The van der Waals surface area contributed by atoms with E-state index in [-0.39, 0.29) is 30.0 Å². The molecule has 0 bridgehead atoms. The van der Waals surface area contributed by atoms with E-state index in [1.54, 1.807) is 11.3 Å². The minimum atomic E-state index is -0.554. The molecular weight excluding hydrogens is 402 g/mol. The predicted molar refractivity (Wildman–Crippen MR) is 107 cm³/mol. The standard InChI is InChI=1S/C19H25N3O4S.ClH/c23-16(22-8-1-3-18(12-22)11-21-17(24)26-18)14-10-13-2-9-25-19(15(13)27-14)4-6-20-7-5-19;/h10,20H,1-9,11-12H2,(H,21,24);1H. The summed E-state index contributed by atoms with van der Waals surface area (Å²) in [4.78, 5) is 28.6. The molecule has 2 spiro atoms. The summed E-state index contributed by atoms with van der Waals surface area (Å²) >= 11 is 1.61. The first kappa shape index (κ1) is 19.9. The molecule has 5 rings (SSSR count). The number of ether oxygens (including phenoxy) is 2. The first-order valence-electron chi connectivity index (χ1n) is 9.83. The first-order valence-corrected chi connectivity index (χ1v) is 10.6. The third-order valence-electron chi connectivity index (χ3n) is 6.29. The Morgan fingerprint density at radius 1 is 1.25 bits per heavy atom. The molecule has 2 N–H and O–H groups in total. The van der Waals surface area contributed by atoms with E-state index in [9.17, 15) is 9.59 Å². The van der Waals surface area contributed by atoms with E-state index in [4.69, 9.17) is 9.47 Å². The van der Waals surface area contributed by atoms with E-state index in [1.165, 1.54) is 10.4 Å². The minimum Gasteiger partial charge on any atom is -0.439 e. The molecule has 1 unspecified atom stereocenters. The zero-order chi connectivity index (χ0) is 18.5.